The quantitative estimate of drug-likeness (QED) is 0.720. The number of nitrogens with one attached hydrogen (secondary N) is 1. The Labute approximate surface area is 124 Å². The topological polar surface area (TPSA) is 42.7 Å². The fourth-order valence-electron chi connectivity index (χ4n) is 2.41. The van der Waals surface area contributed by atoms with Gasteiger partial charge in [-0.1, -0.05) is 19.4 Å². The predicted octanol–water partition coefficient (Wildman–Crippen LogP) is 3.94. The van der Waals surface area contributed by atoms with Crippen LogP contribution in [0, 0.1) is 6.92 Å². The number of hydrogen-bond donors (Lipinski definition) is 1. The smallest absolute Gasteiger partial charge is 0.207 e. The third-order valence-corrected chi connectivity index (χ3v) is 3.50. The average Bonchev–Trinajstić information content (AvgIpc) is 2.88. The maximum Gasteiger partial charge on any atom is 0.207 e. The van der Waals surface area contributed by atoms with Crippen molar-refractivity contribution in [2.75, 3.05) is 11.9 Å². The molecule has 0 radical (unpaired) electrons. The molecule has 0 atom stereocenters. The molecule has 0 unspecified atom stereocenters. The van der Waals surface area contributed by atoms with Gasteiger partial charge in [0.05, 0.1) is 11.2 Å². The summed E-state index contributed by atoms with van der Waals surface area (Å²) in [6.45, 7) is 5.15. The normalized spacial score (nSPS) is 11.0. The van der Waals surface area contributed by atoms with E-state index in [4.69, 9.17) is 0 Å². The van der Waals surface area contributed by atoms with Crippen molar-refractivity contribution < 1.29 is 0 Å². The van der Waals surface area contributed by atoms with Gasteiger partial charge in [0.25, 0.3) is 0 Å². The van der Waals surface area contributed by atoms with E-state index in [1.165, 1.54) is 6.42 Å². The Bertz CT molecular complexity index is 745. The molecule has 3 aromatic rings. The van der Waals surface area contributed by atoms with Crippen molar-refractivity contribution in [1.82, 2.24) is 14.5 Å². The lowest BCUT2D eigenvalue weighted by atomic mass is 10.2. The number of fused-ring (bicyclic) bond motifs is 1. The molecule has 0 saturated carbocycles. The van der Waals surface area contributed by atoms with Gasteiger partial charge in [-0.2, -0.15) is 0 Å². The molecule has 108 valence electrons. The van der Waals surface area contributed by atoms with Gasteiger partial charge in [-0.3, -0.25) is 9.55 Å². The van der Waals surface area contributed by atoms with E-state index in [2.05, 4.69) is 57.2 Å². The summed E-state index contributed by atoms with van der Waals surface area (Å²) in [5.74, 6) is 0.907. The first-order valence-corrected chi connectivity index (χ1v) is 7.43. The Morgan fingerprint density at radius 3 is 3.00 bits per heavy atom. The first-order valence-electron chi connectivity index (χ1n) is 7.43. The largest absolute Gasteiger partial charge is 0.355 e. The van der Waals surface area contributed by atoms with Crippen LogP contribution in [0.1, 0.15) is 25.5 Å². The van der Waals surface area contributed by atoms with E-state index in [-0.39, 0.29) is 0 Å². The van der Waals surface area contributed by atoms with E-state index in [0.717, 1.165) is 41.2 Å². The Morgan fingerprint density at radius 2 is 2.14 bits per heavy atom. The number of benzene rings is 1. The minimum atomic E-state index is 0.907. The van der Waals surface area contributed by atoms with Crippen LogP contribution in [0.15, 0.2) is 42.7 Å². The number of rotatable bonds is 5. The highest BCUT2D eigenvalue weighted by atomic mass is 15.2. The van der Waals surface area contributed by atoms with Crippen LogP contribution in [-0.2, 0) is 0 Å². The summed E-state index contributed by atoms with van der Waals surface area (Å²) < 4.78 is 2.11. The van der Waals surface area contributed by atoms with Gasteiger partial charge < -0.3 is 5.32 Å². The van der Waals surface area contributed by atoms with Crippen LogP contribution in [0.3, 0.4) is 0 Å². The summed E-state index contributed by atoms with van der Waals surface area (Å²) in [5, 5.41) is 4.56. The van der Waals surface area contributed by atoms with Crippen LogP contribution in [0.5, 0.6) is 0 Å². The summed E-state index contributed by atoms with van der Waals surface area (Å²) in [5.41, 5.74) is 3.13. The summed E-state index contributed by atoms with van der Waals surface area (Å²) in [4.78, 5) is 8.94. The van der Waals surface area contributed by atoms with Gasteiger partial charge in [0.1, 0.15) is 0 Å². The molecule has 0 saturated heterocycles. The molecule has 0 fully saturated rings. The SMILES string of the molecule is CCCCNc1nc(C)cn1-c1ccc2ncccc2c1. The molecule has 2 aromatic heterocycles. The van der Waals surface area contributed by atoms with Crippen molar-refractivity contribution >= 4 is 16.9 Å². The minimum Gasteiger partial charge on any atom is -0.355 e. The first-order chi connectivity index (χ1) is 10.3. The molecule has 1 aromatic carbocycles. The molecule has 1 N–H and O–H groups in total. The van der Waals surface area contributed by atoms with Crippen LogP contribution in [0.4, 0.5) is 5.95 Å². The molecule has 4 nitrogen and oxygen atoms in total. The summed E-state index contributed by atoms with van der Waals surface area (Å²) in [7, 11) is 0. The van der Waals surface area contributed by atoms with E-state index in [1.54, 1.807) is 0 Å². The van der Waals surface area contributed by atoms with E-state index in [0.29, 0.717) is 0 Å². The first kappa shape index (κ1) is 13.6. The molecule has 4 heteroatoms. The van der Waals surface area contributed by atoms with Gasteiger partial charge in [-0.25, -0.2) is 4.98 Å². The number of hydrogen-bond acceptors (Lipinski definition) is 3. The van der Waals surface area contributed by atoms with Crippen molar-refractivity contribution in [1.29, 1.82) is 0 Å². The molecule has 2 heterocycles. The number of unbranched alkanes of at least 4 members (excludes halogenated alkanes) is 1. The lowest BCUT2D eigenvalue weighted by Gasteiger charge is -2.10. The molecule has 0 spiro atoms. The van der Waals surface area contributed by atoms with E-state index >= 15 is 0 Å². The Balaban J connectivity index is 1.97. The van der Waals surface area contributed by atoms with Crippen LogP contribution in [0.25, 0.3) is 16.6 Å². The minimum absolute atomic E-state index is 0.907. The van der Waals surface area contributed by atoms with Crippen molar-refractivity contribution in [2.45, 2.75) is 26.7 Å². The predicted molar refractivity (Wildman–Crippen MR) is 87.0 cm³/mol. The molecule has 21 heavy (non-hydrogen) atoms. The third kappa shape index (κ3) is 2.89. The van der Waals surface area contributed by atoms with Crippen molar-refractivity contribution in [3.8, 4) is 5.69 Å². The Morgan fingerprint density at radius 1 is 1.24 bits per heavy atom. The summed E-state index contributed by atoms with van der Waals surface area (Å²) >= 11 is 0. The molecule has 0 bridgehead atoms. The fraction of sp³-hybridized carbons (Fsp3) is 0.294. The molecule has 0 amide bonds. The standard InChI is InChI=1S/C17H20N4/c1-3-4-9-19-17-20-13(2)12-21(17)15-7-8-16-14(11-15)6-5-10-18-16/h5-8,10-12H,3-4,9H2,1-2H3,(H,19,20). The second kappa shape index (κ2) is 5.95. The van der Waals surface area contributed by atoms with Gasteiger partial charge in [-0.15, -0.1) is 0 Å². The fourth-order valence-corrected chi connectivity index (χ4v) is 2.41. The number of anilines is 1. The third-order valence-electron chi connectivity index (χ3n) is 3.50. The highest BCUT2D eigenvalue weighted by Gasteiger charge is 2.07. The molecule has 0 aliphatic heterocycles. The van der Waals surface area contributed by atoms with Gasteiger partial charge in [0, 0.05) is 30.0 Å². The number of imidazole rings is 1. The molecule has 0 aliphatic carbocycles. The number of aryl methyl sites for hydroxylation is 1. The zero-order valence-corrected chi connectivity index (χ0v) is 12.5. The zero-order valence-electron chi connectivity index (χ0n) is 12.5. The van der Waals surface area contributed by atoms with Gasteiger partial charge in [-0.05, 0) is 37.6 Å². The molecular formula is C17H20N4. The average molecular weight is 280 g/mol. The second-order valence-corrected chi connectivity index (χ2v) is 5.24. The highest BCUT2D eigenvalue weighted by molar-refractivity contribution is 5.80. The monoisotopic (exact) mass is 280 g/mol. The van der Waals surface area contributed by atoms with Crippen molar-refractivity contribution in [3.05, 3.63) is 48.4 Å². The van der Waals surface area contributed by atoms with Gasteiger partial charge >= 0.3 is 0 Å². The summed E-state index contributed by atoms with van der Waals surface area (Å²) in [6, 6.07) is 10.3. The maximum absolute atomic E-state index is 4.58. The molecule has 0 aliphatic rings. The number of pyridine rings is 1. The van der Waals surface area contributed by atoms with Crippen LogP contribution >= 0.6 is 0 Å². The molecular weight excluding hydrogens is 260 g/mol. The van der Waals surface area contributed by atoms with Crippen LogP contribution < -0.4 is 5.32 Å². The van der Waals surface area contributed by atoms with Crippen molar-refractivity contribution in [2.24, 2.45) is 0 Å². The van der Waals surface area contributed by atoms with Crippen molar-refractivity contribution in [3.63, 3.8) is 0 Å². The van der Waals surface area contributed by atoms with Crippen LogP contribution in [-0.4, -0.2) is 21.1 Å². The second-order valence-electron chi connectivity index (χ2n) is 5.24. The zero-order chi connectivity index (χ0) is 14.7. The Hall–Kier alpha value is -2.36. The van der Waals surface area contributed by atoms with E-state index < -0.39 is 0 Å². The van der Waals surface area contributed by atoms with Gasteiger partial charge in [0.2, 0.25) is 5.95 Å². The maximum atomic E-state index is 4.58. The number of aromatic nitrogens is 3. The van der Waals surface area contributed by atoms with Crippen LogP contribution in [0.2, 0.25) is 0 Å². The highest BCUT2D eigenvalue weighted by Crippen LogP contribution is 2.21. The van der Waals surface area contributed by atoms with Gasteiger partial charge in [0.15, 0.2) is 0 Å². The number of nitrogens with zero attached hydrogens (tertiary/aromatic N) is 3. The molecule has 3 rings (SSSR count). The van der Waals surface area contributed by atoms with E-state index in [9.17, 15) is 0 Å². The summed E-state index contributed by atoms with van der Waals surface area (Å²) in [6.07, 6.45) is 6.20. The Kier molecular flexibility index (Phi) is 3.86. The lowest BCUT2D eigenvalue weighted by Crippen LogP contribution is -2.07. The van der Waals surface area contributed by atoms with E-state index in [1.807, 2.05) is 19.2 Å². The lowest BCUT2D eigenvalue weighted by molar-refractivity contribution is 0.823.